The molecule has 0 aliphatic heterocycles. The molecule has 0 aromatic heterocycles. The summed E-state index contributed by atoms with van der Waals surface area (Å²) in [7, 11) is 0. The number of Topliss-reactive ketones (excluding diaryl/α,β-unsaturated/α-hetero) is 1. The second kappa shape index (κ2) is 8.66. The van der Waals surface area contributed by atoms with Crippen molar-refractivity contribution in [1.29, 1.82) is 0 Å². The van der Waals surface area contributed by atoms with Crippen LogP contribution in [0.15, 0.2) is 36.9 Å². The summed E-state index contributed by atoms with van der Waals surface area (Å²) in [5, 5.41) is 0. The van der Waals surface area contributed by atoms with Crippen molar-refractivity contribution in [2.45, 2.75) is 40.5 Å². The fraction of sp³-hybridized carbons (Fsp3) is 0.526. The molecule has 0 aliphatic rings. The van der Waals surface area contributed by atoms with E-state index >= 15 is 0 Å². The van der Waals surface area contributed by atoms with E-state index in [1.165, 1.54) is 5.56 Å². The highest BCUT2D eigenvalue weighted by Crippen LogP contribution is 2.23. The van der Waals surface area contributed by atoms with Crippen molar-refractivity contribution in [2.75, 3.05) is 6.61 Å². The van der Waals surface area contributed by atoms with Gasteiger partial charge in [-0.3, -0.25) is 4.79 Å². The standard InChI is InChI=1S/C19H28O2/c1-6-11-21-18-9-7-16(8-10-18)13-17(12-14(2)3)19(20)15(4)5/h6-10,14-15,17H,1,11-13H2,2-5H3/t17-/m0/s1. The SMILES string of the molecule is C=CCOc1ccc(C[C@H](CC(C)C)C(=O)C(C)C)cc1. The fourth-order valence-electron chi connectivity index (χ4n) is 2.50. The number of carbonyl (C=O) groups is 1. The zero-order valence-corrected chi connectivity index (χ0v) is 13.8. The normalized spacial score (nSPS) is 12.5. The van der Waals surface area contributed by atoms with Crippen LogP contribution >= 0.6 is 0 Å². The van der Waals surface area contributed by atoms with Gasteiger partial charge in [0.05, 0.1) is 0 Å². The van der Waals surface area contributed by atoms with E-state index < -0.39 is 0 Å². The van der Waals surface area contributed by atoms with Crippen LogP contribution in [0.1, 0.15) is 39.7 Å². The van der Waals surface area contributed by atoms with Crippen LogP contribution in [0.2, 0.25) is 0 Å². The molecule has 0 aliphatic carbocycles. The Hall–Kier alpha value is -1.57. The van der Waals surface area contributed by atoms with Crippen LogP contribution < -0.4 is 4.74 Å². The molecule has 2 heteroatoms. The Morgan fingerprint density at radius 2 is 1.81 bits per heavy atom. The van der Waals surface area contributed by atoms with E-state index in [2.05, 4.69) is 32.6 Å². The summed E-state index contributed by atoms with van der Waals surface area (Å²) in [6, 6.07) is 8.04. The fourth-order valence-corrected chi connectivity index (χ4v) is 2.50. The number of hydrogen-bond donors (Lipinski definition) is 0. The minimum Gasteiger partial charge on any atom is -0.490 e. The maximum absolute atomic E-state index is 12.4. The van der Waals surface area contributed by atoms with E-state index in [9.17, 15) is 4.79 Å². The largest absolute Gasteiger partial charge is 0.490 e. The summed E-state index contributed by atoms with van der Waals surface area (Å²) in [5.74, 6) is 1.96. The van der Waals surface area contributed by atoms with Crippen LogP contribution in [0.3, 0.4) is 0 Å². The van der Waals surface area contributed by atoms with Gasteiger partial charge in [-0.2, -0.15) is 0 Å². The van der Waals surface area contributed by atoms with E-state index in [0.717, 1.165) is 18.6 Å². The summed E-state index contributed by atoms with van der Waals surface area (Å²) in [6.45, 7) is 12.5. The summed E-state index contributed by atoms with van der Waals surface area (Å²) in [6.07, 6.45) is 3.50. The van der Waals surface area contributed by atoms with E-state index in [-0.39, 0.29) is 11.8 Å². The molecule has 0 unspecified atom stereocenters. The molecule has 1 aromatic rings. The van der Waals surface area contributed by atoms with Crippen LogP contribution in [-0.2, 0) is 11.2 Å². The van der Waals surface area contributed by atoms with Crippen molar-refractivity contribution in [3.05, 3.63) is 42.5 Å². The van der Waals surface area contributed by atoms with Crippen molar-refractivity contribution in [3.8, 4) is 5.75 Å². The number of carbonyl (C=O) groups excluding carboxylic acids is 1. The minimum atomic E-state index is 0.101. The third kappa shape index (κ3) is 6.16. The molecule has 1 atom stereocenters. The van der Waals surface area contributed by atoms with Gasteiger partial charge in [-0.05, 0) is 36.5 Å². The molecule has 0 saturated carbocycles. The number of ether oxygens (including phenoxy) is 1. The topological polar surface area (TPSA) is 26.3 Å². The van der Waals surface area contributed by atoms with Gasteiger partial charge in [0.2, 0.25) is 0 Å². The Labute approximate surface area is 129 Å². The Bertz CT molecular complexity index is 443. The van der Waals surface area contributed by atoms with Gasteiger partial charge < -0.3 is 4.74 Å². The Kier molecular flexibility index (Phi) is 7.21. The van der Waals surface area contributed by atoms with E-state index in [0.29, 0.717) is 18.3 Å². The smallest absolute Gasteiger partial charge is 0.138 e. The molecule has 0 bridgehead atoms. The third-order valence-electron chi connectivity index (χ3n) is 3.50. The van der Waals surface area contributed by atoms with Crippen molar-refractivity contribution in [3.63, 3.8) is 0 Å². The lowest BCUT2D eigenvalue weighted by atomic mass is 9.84. The van der Waals surface area contributed by atoms with Crippen LogP contribution in [0, 0.1) is 17.8 Å². The molecule has 116 valence electrons. The van der Waals surface area contributed by atoms with Crippen molar-refractivity contribution < 1.29 is 9.53 Å². The summed E-state index contributed by atoms with van der Waals surface area (Å²) >= 11 is 0. The van der Waals surface area contributed by atoms with Gasteiger partial charge in [0.25, 0.3) is 0 Å². The van der Waals surface area contributed by atoms with Crippen LogP contribution in [0.5, 0.6) is 5.75 Å². The summed E-state index contributed by atoms with van der Waals surface area (Å²) in [5.41, 5.74) is 1.20. The first-order valence-electron chi connectivity index (χ1n) is 7.80. The van der Waals surface area contributed by atoms with E-state index in [1.807, 2.05) is 26.0 Å². The van der Waals surface area contributed by atoms with Crippen LogP contribution in [0.4, 0.5) is 0 Å². The van der Waals surface area contributed by atoms with E-state index in [1.54, 1.807) is 6.08 Å². The van der Waals surface area contributed by atoms with Gasteiger partial charge in [0.15, 0.2) is 0 Å². The van der Waals surface area contributed by atoms with Gasteiger partial charge in [0.1, 0.15) is 18.1 Å². The first-order chi connectivity index (χ1) is 9.93. The van der Waals surface area contributed by atoms with Gasteiger partial charge in [-0.15, -0.1) is 0 Å². The van der Waals surface area contributed by atoms with Crippen molar-refractivity contribution in [1.82, 2.24) is 0 Å². The van der Waals surface area contributed by atoms with Crippen molar-refractivity contribution >= 4 is 5.78 Å². The van der Waals surface area contributed by atoms with E-state index in [4.69, 9.17) is 4.74 Å². The molecule has 1 aromatic carbocycles. The van der Waals surface area contributed by atoms with Crippen LogP contribution in [-0.4, -0.2) is 12.4 Å². The minimum absolute atomic E-state index is 0.101. The lowest BCUT2D eigenvalue weighted by Gasteiger charge is -2.20. The molecule has 0 radical (unpaired) electrons. The summed E-state index contributed by atoms with van der Waals surface area (Å²) < 4.78 is 5.48. The first kappa shape index (κ1) is 17.5. The monoisotopic (exact) mass is 288 g/mol. The molecule has 0 fully saturated rings. The number of benzene rings is 1. The number of rotatable bonds is 9. The predicted molar refractivity (Wildman–Crippen MR) is 88.6 cm³/mol. The molecule has 0 saturated heterocycles. The molecule has 0 amide bonds. The average molecular weight is 288 g/mol. The van der Waals surface area contributed by atoms with Gasteiger partial charge in [-0.1, -0.05) is 52.5 Å². The third-order valence-corrected chi connectivity index (χ3v) is 3.50. The molecule has 21 heavy (non-hydrogen) atoms. The van der Waals surface area contributed by atoms with Gasteiger partial charge >= 0.3 is 0 Å². The molecule has 0 spiro atoms. The van der Waals surface area contributed by atoms with Gasteiger partial charge in [0, 0.05) is 11.8 Å². The van der Waals surface area contributed by atoms with Gasteiger partial charge in [-0.25, -0.2) is 0 Å². The zero-order chi connectivity index (χ0) is 15.8. The quantitative estimate of drug-likeness (QED) is 0.617. The zero-order valence-electron chi connectivity index (χ0n) is 13.8. The number of hydrogen-bond acceptors (Lipinski definition) is 2. The molecular weight excluding hydrogens is 260 g/mol. The van der Waals surface area contributed by atoms with Crippen LogP contribution in [0.25, 0.3) is 0 Å². The highest BCUT2D eigenvalue weighted by atomic mass is 16.5. The number of ketones is 1. The highest BCUT2D eigenvalue weighted by Gasteiger charge is 2.22. The lowest BCUT2D eigenvalue weighted by molar-refractivity contribution is -0.126. The second-order valence-corrected chi connectivity index (χ2v) is 6.33. The Balaban J connectivity index is 2.73. The molecule has 2 nitrogen and oxygen atoms in total. The molecule has 0 N–H and O–H groups in total. The predicted octanol–water partition coefficient (Wildman–Crippen LogP) is 4.68. The molecule has 1 rings (SSSR count). The van der Waals surface area contributed by atoms with Crippen molar-refractivity contribution in [2.24, 2.45) is 17.8 Å². The highest BCUT2D eigenvalue weighted by molar-refractivity contribution is 5.83. The average Bonchev–Trinajstić information content (AvgIpc) is 2.44. The second-order valence-electron chi connectivity index (χ2n) is 6.33. The Morgan fingerprint density at radius 3 is 2.29 bits per heavy atom. The Morgan fingerprint density at radius 1 is 1.19 bits per heavy atom. The molecule has 0 heterocycles. The first-order valence-corrected chi connectivity index (χ1v) is 7.80. The lowest BCUT2D eigenvalue weighted by Crippen LogP contribution is -2.23. The molecular formula is C19H28O2. The maximum Gasteiger partial charge on any atom is 0.138 e. The maximum atomic E-state index is 12.4. The summed E-state index contributed by atoms with van der Waals surface area (Å²) in [4.78, 5) is 12.4.